The van der Waals surface area contributed by atoms with Crippen molar-refractivity contribution in [3.8, 4) is 0 Å². The third-order valence-corrected chi connectivity index (χ3v) is 4.15. The number of halogens is 1. The molecule has 118 valence electrons. The van der Waals surface area contributed by atoms with Gasteiger partial charge in [0.05, 0.1) is 6.54 Å². The summed E-state index contributed by atoms with van der Waals surface area (Å²) in [4.78, 5) is 23.9. The number of hydrogen-bond donors (Lipinski definition) is 2. The molecular formula is C18H17ClN2O2. The Hall–Kier alpha value is -2.33. The minimum Gasteiger partial charge on any atom is -0.343 e. The first-order valence-corrected chi connectivity index (χ1v) is 7.95. The van der Waals surface area contributed by atoms with Crippen molar-refractivity contribution in [2.75, 3.05) is 11.9 Å². The average Bonchev–Trinajstić information content (AvgIpc) is 3.01. The number of aryl methyl sites for hydroxylation is 2. The molecule has 0 aliphatic heterocycles. The van der Waals surface area contributed by atoms with E-state index in [1.807, 2.05) is 12.1 Å². The Morgan fingerprint density at radius 1 is 1.00 bits per heavy atom. The van der Waals surface area contributed by atoms with Crippen LogP contribution in [-0.4, -0.2) is 18.4 Å². The van der Waals surface area contributed by atoms with Gasteiger partial charge in [0.2, 0.25) is 5.91 Å². The van der Waals surface area contributed by atoms with Crippen molar-refractivity contribution in [3.63, 3.8) is 0 Å². The lowest BCUT2D eigenvalue weighted by molar-refractivity contribution is -0.115. The molecule has 1 aliphatic rings. The van der Waals surface area contributed by atoms with Crippen LogP contribution in [0.25, 0.3) is 0 Å². The zero-order valence-electron chi connectivity index (χ0n) is 12.6. The SMILES string of the molecule is O=C(CNC(=O)c1ccc(Cl)cc1)Nc1ccc2c(c1)CCC2. The van der Waals surface area contributed by atoms with Gasteiger partial charge in [0.1, 0.15) is 0 Å². The molecule has 4 nitrogen and oxygen atoms in total. The highest BCUT2D eigenvalue weighted by Crippen LogP contribution is 2.24. The Morgan fingerprint density at radius 2 is 1.74 bits per heavy atom. The van der Waals surface area contributed by atoms with Crippen molar-refractivity contribution >= 4 is 29.1 Å². The second-order valence-electron chi connectivity index (χ2n) is 5.57. The first-order valence-electron chi connectivity index (χ1n) is 7.57. The number of benzene rings is 2. The molecule has 23 heavy (non-hydrogen) atoms. The maximum Gasteiger partial charge on any atom is 0.251 e. The van der Waals surface area contributed by atoms with Crippen LogP contribution in [0.3, 0.4) is 0 Å². The minimum absolute atomic E-state index is 0.0709. The molecule has 2 amide bonds. The van der Waals surface area contributed by atoms with Crippen LogP contribution in [-0.2, 0) is 17.6 Å². The molecule has 0 saturated heterocycles. The predicted octanol–water partition coefficient (Wildman–Crippen LogP) is 3.20. The third kappa shape index (κ3) is 3.90. The molecule has 3 rings (SSSR count). The van der Waals surface area contributed by atoms with Crippen molar-refractivity contribution in [2.24, 2.45) is 0 Å². The van der Waals surface area contributed by atoms with Crippen LogP contribution in [0.1, 0.15) is 27.9 Å². The van der Waals surface area contributed by atoms with Crippen LogP contribution in [0, 0.1) is 0 Å². The molecule has 2 aromatic carbocycles. The van der Waals surface area contributed by atoms with E-state index in [0.717, 1.165) is 18.5 Å². The van der Waals surface area contributed by atoms with Gasteiger partial charge in [-0.1, -0.05) is 17.7 Å². The van der Waals surface area contributed by atoms with Gasteiger partial charge in [0.25, 0.3) is 5.91 Å². The lowest BCUT2D eigenvalue weighted by Gasteiger charge is -2.09. The van der Waals surface area contributed by atoms with Crippen LogP contribution >= 0.6 is 11.6 Å². The van der Waals surface area contributed by atoms with E-state index >= 15 is 0 Å². The highest BCUT2D eigenvalue weighted by molar-refractivity contribution is 6.30. The van der Waals surface area contributed by atoms with Crippen molar-refractivity contribution in [1.82, 2.24) is 5.32 Å². The smallest absolute Gasteiger partial charge is 0.251 e. The zero-order valence-corrected chi connectivity index (χ0v) is 13.3. The van der Waals surface area contributed by atoms with Gasteiger partial charge in [-0.2, -0.15) is 0 Å². The molecule has 5 heteroatoms. The van der Waals surface area contributed by atoms with Crippen molar-refractivity contribution in [2.45, 2.75) is 19.3 Å². The zero-order chi connectivity index (χ0) is 16.2. The predicted molar refractivity (Wildman–Crippen MR) is 90.9 cm³/mol. The Morgan fingerprint density at radius 3 is 2.52 bits per heavy atom. The minimum atomic E-state index is -0.300. The average molecular weight is 329 g/mol. The van der Waals surface area contributed by atoms with E-state index in [-0.39, 0.29) is 18.4 Å². The van der Waals surface area contributed by atoms with Gasteiger partial charge in [-0.15, -0.1) is 0 Å². The van der Waals surface area contributed by atoms with Gasteiger partial charge >= 0.3 is 0 Å². The largest absolute Gasteiger partial charge is 0.343 e. The van der Waals surface area contributed by atoms with Gasteiger partial charge in [-0.25, -0.2) is 0 Å². The van der Waals surface area contributed by atoms with E-state index in [9.17, 15) is 9.59 Å². The number of rotatable bonds is 4. The molecule has 0 fully saturated rings. The topological polar surface area (TPSA) is 58.2 Å². The van der Waals surface area contributed by atoms with Gasteiger partial charge in [-0.3, -0.25) is 9.59 Å². The van der Waals surface area contributed by atoms with Gasteiger partial charge in [0.15, 0.2) is 0 Å². The van der Waals surface area contributed by atoms with Crippen LogP contribution in [0.5, 0.6) is 0 Å². The summed E-state index contributed by atoms with van der Waals surface area (Å²) in [5.74, 6) is -0.545. The Kier molecular flexibility index (Phi) is 4.63. The monoisotopic (exact) mass is 328 g/mol. The molecule has 0 radical (unpaired) electrons. The summed E-state index contributed by atoms with van der Waals surface area (Å²) in [7, 11) is 0. The van der Waals surface area contributed by atoms with Crippen LogP contribution < -0.4 is 10.6 Å². The summed E-state index contributed by atoms with van der Waals surface area (Å²) in [6.45, 7) is -0.0709. The molecule has 2 N–H and O–H groups in total. The normalized spacial score (nSPS) is 12.6. The van der Waals surface area contributed by atoms with Gasteiger partial charge < -0.3 is 10.6 Å². The number of carbonyl (C=O) groups is 2. The van der Waals surface area contributed by atoms with E-state index in [4.69, 9.17) is 11.6 Å². The molecule has 0 aromatic heterocycles. The summed E-state index contributed by atoms with van der Waals surface area (Å²) in [6.07, 6.45) is 3.34. The molecule has 0 heterocycles. The highest BCUT2D eigenvalue weighted by Gasteiger charge is 2.12. The van der Waals surface area contributed by atoms with E-state index in [2.05, 4.69) is 16.7 Å². The number of amides is 2. The first-order chi connectivity index (χ1) is 11.1. The fourth-order valence-electron chi connectivity index (χ4n) is 2.72. The molecular weight excluding hydrogens is 312 g/mol. The molecule has 1 aliphatic carbocycles. The Labute approximate surface area is 139 Å². The Bertz CT molecular complexity index is 741. The van der Waals surface area contributed by atoms with E-state index in [0.29, 0.717) is 10.6 Å². The molecule has 0 bridgehead atoms. The lowest BCUT2D eigenvalue weighted by Crippen LogP contribution is -2.32. The van der Waals surface area contributed by atoms with E-state index < -0.39 is 0 Å². The summed E-state index contributed by atoms with van der Waals surface area (Å²) >= 11 is 5.78. The first kappa shape index (κ1) is 15.6. The van der Waals surface area contributed by atoms with E-state index in [1.165, 1.54) is 17.5 Å². The van der Waals surface area contributed by atoms with Crippen LogP contribution in [0.15, 0.2) is 42.5 Å². The summed E-state index contributed by atoms with van der Waals surface area (Å²) in [5, 5.41) is 5.98. The fourth-order valence-corrected chi connectivity index (χ4v) is 2.84. The van der Waals surface area contributed by atoms with Crippen LogP contribution in [0.4, 0.5) is 5.69 Å². The van der Waals surface area contributed by atoms with Gasteiger partial charge in [-0.05, 0) is 66.8 Å². The molecule has 0 unspecified atom stereocenters. The molecule has 2 aromatic rings. The van der Waals surface area contributed by atoms with Crippen LogP contribution in [0.2, 0.25) is 5.02 Å². The van der Waals surface area contributed by atoms with Crippen molar-refractivity contribution < 1.29 is 9.59 Å². The molecule has 0 atom stereocenters. The number of carbonyl (C=O) groups excluding carboxylic acids is 2. The highest BCUT2D eigenvalue weighted by atomic mass is 35.5. The Balaban J connectivity index is 1.53. The number of fused-ring (bicyclic) bond motifs is 1. The number of anilines is 1. The standard InChI is InChI=1S/C18H17ClN2O2/c19-15-7-4-13(5-8-15)18(23)20-11-17(22)21-16-9-6-12-2-1-3-14(12)10-16/h4-10H,1-3,11H2,(H,20,23)(H,21,22). The summed E-state index contributed by atoms with van der Waals surface area (Å²) in [6, 6.07) is 12.5. The molecule has 0 saturated carbocycles. The quantitative estimate of drug-likeness (QED) is 0.905. The summed E-state index contributed by atoms with van der Waals surface area (Å²) < 4.78 is 0. The number of hydrogen-bond acceptors (Lipinski definition) is 2. The second kappa shape index (κ2) is 6.84. The summed E-state index contributed by atoms with van der Waals surface area (Å²) in [5.41, 5.74) is 3.91. The number of nitrogens with one attached hydrogen (secondary N) is 2. The second-order valence-corrected chi connectivity index (χ2v) is 6.01. The van der Waals surface area contributed by atoms with Crippen molar-refractivity contribution in [1.29, 1.82) is 0 Å². The lowest BCUT2D eigenvalue weighted by atomic mass is 10.1. The maximum absolute atomic E-state index is 12.0. The van der Waals surface area contributed by atoms with Crippen molar-refractivity contribution in [3.05, 3.63) is 64.2 Å². The third-order valence-electron chi connectivity index (χ3n) is 3.90. The molecule has 0 spiro atoms. The van der Waals surface area contributed by atoms with Gasteiger partial charge in [0, 0.05) is 16.3 Å². The maximum atomic E-state index is 12.0. The van der Waals surface area contributed by atoms with E-state index in [1.54, 1.807) is 24.3 Å². The fraction of sp³-hybridized carbons (Fsp3) is 0.222.